The molecule has 132 valence electrons. The molecule has 1 aromatic carbocycles. The Bertz CT molecular complexity index is 755. The molecule has 1 N–H and O–H groups in total. The van der Waals surface area contributed by atoms with Crippen molar-refractivity contribution >= 4 is 34.7 Å². The summed E-state index contributed by atoms with van der Waals surface area (Å²) in [5.41, 5.74) is 1.40. The summed E-state index contributed by atoms with van der Waals surface area (Å²) in [4.78, 5) is 28.3. The number of rotatable bonds is 3. The number of methoxy groups -OCH3 is 1. The van der Waals surface area contributed by atoms with Crippen molar-refractivity contribution in [2.45, 2.75) is 0 Å². The van der Waals surface area contributed by atoms with E-state index >= 15 is 0 Å². The molecule has 2 aromatic rings. The average molecular weight is 363 g/mol. The summed E-state index contributed by atoms with van der Waals surface area (Å²) in [5, 5.41) is 4.50. The van der Waals surface area contributed by atoms with Gasteiger partial charge in [0.15, 0.2) is 0 Å². The summed E-state index contributed by atoms with van der Waals surface area (Å²) >= 11 is 1.22. The fraction of sp³-hybridized carbons (Fsp3) is 0.294. The van der Waals surface area contributed by atoms with E-state index in [1.165, 1.54) is 30.6 Å². The Morgan fingerprint density at radius 2 is 1.80 bits per heavy atom. The number of thiophene rings is 1. The maximum Gasteiger partial charge on any atom is 0.350 e. The van der Waals surface area contributed by atoms with Gasteiger partial charge >= 0.3 is 12.0 Å². The van der Waals surface area contributed by atoms with Crippen LogP contribution in [0.15, 0.2) is 35.7 Å². The zero-order valence-corrected chi connectivity index (χ0v) is 14.5. The van der Waals surface area contributed by atoms with Gasteiger partial charge in [-0.05, 0) is 35.7 Å². The molecule has 0 saturated carbocycles. The summed E-state index contributed by atoms with van der Waals surface area (Å²) in [6.07, 6.45) is 0. The van der Waals surface area contributed by atoms with Crippen molar-refractivity contribution in [1.29, 1.82) is 0 Å². The molecule has 25 heavy (non-hydrogen) atoms. The van der Waals surface area contributed by atoms with Crippen molar-refractivity contribution in [3.63, 3.8) is 0 Å². The predicted molar refractivity (Wildman–Crippen MR) is 94.9 cm³/mol. The highest BCUT2D eigenvalue weighted by Gasteiger charge is 2.23. The van der Waals surface area contributed by atoms with Gasteiger partial charge in [-0.1, -0.05) is 0 Å². The average Bonchev–Trinajstić information content (AvgIpc) is 3.10. The van der Waals surface area contributed by atoms with Crippen LogP contribution in [0.1, 0.15) is 9.67 Å². The van der Waals surface area contributed by atoms with Crippen molar-refractivity contribution in [1.82, 2.24) is 4.90 Å². The number of esters is 1. The fourth-order valence-corrected chi connectivity index (χ4v) is 3.44. The van der Waals surface area contributed by atoms with Gasteiger partial charge in [-0.15, -0.1) is 11.3 Å². The number of amides is 2. The first-order valence-corrected chi connectivity index (χ1v) is 8.68. The van der Waals surface area contributed by atoms with Crippen molar-refractivity contribution in [2.75, 3.05) is 43.5 Å². The third-order valence-electron chi connectivity index (χ3n) is 4.04. The Labute approximate surface area is 148 Å². The second-order valence-electron chi connectivity index (χ2n) is 5.54. The first-order chi connectivity index (χ1) is 12.1. The van der Waals surface area contributed by atoms with E-state index in [9.17, 15) is 14.0 Å². The van der Waals surface area contributed by atoms with Gasteiger partial charge in [0.1, 0.15) is 10.7 Å². The number of carbonyl (C=O) groups is 2. The molecule has 1 saturated heterocycles. The Morgan fingerprint density at radius 3 is 2.44 bits per heavy atom. The Hall–Kier alpha value is -2.61. The lowest BCUT2D eigenvalue weighted by molar-refractivity contribution is 0.0607. The van der Waals surface area contributed by atoms with Crippen LogP contribution in [-0.4, -0.2) is 50.2 Å². The fourth-order valence-electron chi connectivity index (χ4n) is 2.67. The van der Waals surface area contributed by atoms with E-state index in [1.54, 1.807) is 28.5 Å². The number of nitrogens with one attached hydrogen (secondary N) is 1. The molecule has 1 aliphatic heterocycles. The molecule has 6 nitrogen and oxygen atoms in total. The van der Waals surface area contributed by atoms with Crippen LogP contribution in [0.5, 0.6) is 0 Å². The smallest absolute Gasteiger partial charge is 0.350 e. The number of urea groups is 1. The summed E-state index contributed by atoms with van der Waals surface area (Å²) in [6.45, 7) is 2.40. The molecular weight excluding hydrogens is 345 g/mol. The van der Waals surface area contributed by atoms with E-state index in [1.807, 2.05) is 0 Å². The summed E-state index contributed by atoms with van der Waals surface area (Å²) in [6, 6.07) is 7.77. The molecular formula is C17H18FN3O3S. The zero-order valence-electron chi connectivity index (χ0n) is 13.7. The highest BCUT2D eigenvalue weighted by Crippen LogP contribution is 2.24. The third kappa shape index (κ3) is 3.90. The quantitative estimate of drug-likeness (QED) is 0.852. The van der Waals surface area contributed by atoms with Crippen molar-refractivity contribution in [3.05, 3.63) is 46.4 Å². The number of hydrogen-bond acceptors (Lipinski definition) is 5. The van der Waals surface area contributed by atoms with Crippen LogP contribution >= 0.6 is 11.3 Å². The van der Waals surface area contributed by atoms with E-state index in [2.05, 4.69) is 10.2 Å². The van der Waals surface area contributed by atoms with E-state index in [0.29, 0.717) is 36.7 Å². The molecule has 0 spiro atoms. The number of piperazine rings is 1. The minimum atomic E-state index is -0.466. The van der Waals surface area contributed by atoms with Crippen LogP contribution in [0.3, 0.4) is 0 Å². The van der Waals surface area contributed by atoms with Crippen LogP contribution < -0.4 is 10.2 Å². The molecule has 0 radical (unpaired) electrons. The van der Waals surface area contributed by atoms with E-state index in [-0.39, 0.29) is 11.8 Å². The van der Waals surface area contributed by atoms with Gasteiger partial charge in [0.05, 0.1) is 12.8 Å². The van der Waals surface area contributed by atoms with Gasteiger partial charge in [0, 0.05) is 31.9 Å². The van der Waals surface area contributed by atoms with Crippen molar-refractivity contribution in [3.8, 4) is 0 Å². The molecule has 2 heterocycles. The number of carbonyl (C=O) groups excluding carboxylic acids is 2. The van der Waals surface area contributed by atoms with Crippen LogP contribution in [0.2, 0.25) is 0 Å². The molecule has 0 atom stereocenters. The van der Waals surface area contributed by atoms with E-state index < -0.39 is 5.97 Å². The van der Waals surface area contributed by atoms with Gasteiger partial charge in [0.25, 0.3) is 0 Å². The standard InChI is InChI=1S/C17H18FN3O3S/c1-24-16(22)15-14(6-11-25-15)19-17(23)21-9-7-20(8-10-21)13-4-2-12(18)3-5-13/h2-6,11H,7-10H2,1H3,(H,19,23). The lowest BCUT2D eigenvalue weighted by Crippen LogP contribution is -2.50. The first kappa shape index (κ1) is 17.2. The number of anilines is 2. The highest BCUT2D eigenvalue weighted by atomic mass is 32.1. The van der Waals surface area contributed by atoms with Crippen LogP contribution in [-0.2, 0) is 4.74 Å². The van der Waals surface area contributed by atoms with Gasteiger partial charge in [-0.25, -0.2) is 14.0 Å². The monoisotopic (exact) mass is 363 g/mol. The lowest BCUT2D eigenvalue weighted by atomic mass is 10.2. The van der Waals surface area contributed by atoms with Crippen LogP contribution in [0, 0.1) is 5.82 Å². The minimum Gasteiger partial charge on any atom is -0.465 e. The molecule has 1 aliphatic rings. The molecule has 3 rings (SSSR count). The molecule has 2 amide bonds. The molecule has 1 aromatic heterocycles. The second-order valence-corrected chi connectivity index (χ2v) is 6.45. The molecule has 1 fully saturated rings. The predicted octanol–water partition coefficient (Wildman–Crippen LogP) is 3.03. The number of nitrogens with zero attached hydrogens (tertiary/aromatic N) is 2. The molecule has 0 unspecified atom stereocenters. The lowest BCUT2D eigenvalue weighted by Gasteiger charge is -2.36. The molecule has 8 heteroatoms. The SMILES string of the molecule is COC(=O)c1sccc1NC(=O)N1CCN(c2ccc(F)cc2)CC1. The Morgan fingerprint density at radius 1 is 1.12 bits per heavy atom. The largest absolute Gasteiger partial charge is 0.465 e. The Kier molecular flexibility index (Phi) is 5.18. The molecule has 0 bridgehead atoms. The van der Waals surface area contributed by atoms with Crippen LogP contribution in [0.4, 0.5) is 20.6 Å². The number of halogens is 1. The van der Waals surface area contributed by atoms with E-state index in [4.69, 9.17) is 4.74 Å². The summed E-state index contributed by atoms with van der Waals surface area (Å²) in [7, 11) is 1.31. The van der Waals surface area contributed by atoms with Gasteiger partial charge in [-0.3, -0.25) is 0 Å². The zero-order chi connectivity index (χ0) is 17.8. The number of hydrogen-bond donors (Lipinski definition) is 1. The minimum absolute atomic E-state index is 0.248. The maximum absolute atomic E-state index is 13.0. The maximum atomic E-state index is 13.0. The van der Waals surface area contributed by atoms with Gasteiger partial charge in [-0.2, -0.15) is 0 Å². The number of ether oxygens (including phenoxy) is 1. The van der Waals surface area contributed by atoms with Crippen molar-refractivity contribution < 1.29 is 18.7 Å². The summed E-state index contributed by atoms with van der Waals surface area (Å²) in [5.74, 6) is -0.731. The third-order valence-corrected chi connectivity index (χ3v) is 4.93. The number of benzene rings is 1. The topological polar surface area (TPSA) is 61.9 Å². The highest BCUT2D eigenvalue weighted by molar-refractivity contribution is 7.12. The normalized spacial score (nSPS) is 14.3. The van der Waals surface area contributed by atoms with Gasteiger partial charge < -0.3 is 19.9 Å². The van der Waals surface area contributed by atoms with Crippen LogP contribution in [0.25, 0.3) is 0 Å². The molecule has 0 aliphatic carbocycles. The Balaban J connectivity index is 1.58. The first-order valence-electron chi connectivity index (χ1n) is 7.80. The van der Waals surface area contributed by atoms with Crippen molar-refractivity contribution in [2.24, 2.45) is 0 Å². The second kappa shape index (κ2) is 7.52. The summed E-state index contributed by atoms with van der Waals surface area (Å²) < 4.78 is 17.7. The van der Waals surface area contributed by atoms with E-state index in [0.717, 1.165) is 5.69 Å². The van der Waals surface area contributed by atoms with Gasteiger partial charge in [0.2, 0.25) is 0 Å².